The summed E-state index contributed by atoms with van der Waals surface area (Å²) in [6, 6.07) is 6.49. The molecule has 4 nitrogen and oxygen atoms in total. The summed E-state index contributed by atoms with van der Waals surface area (Å²) < 4.78 is 41.0. The van der Waals surface area contributed by atoms with Crippen molar-refractivity contribution in [3.8, 4) is 5.75 Å². The highest BCUT2D eigenvalue weighted by atomic mass is 127. The standard InChI is InChI=1S/C17H26F3N3OS.HI/c1-3-21-16(22-10-4-5-11-25-2)23-12-14-6-8-15(9-7-14)24-13-17(18,19)20;/h6-9H,3-5,10-13H2,1-2H3,(H2,21,22,23);1H. The highest BCUT2D eigenvalue weighted by Crippen LogP contribution is 2.19. The average molecular weight is 505 g/mol. The molecule has 0 saturated carbocycles. The molecule has 9 heteroatoms. The van der Waals surface area contributed by atoms with Crippen LogP contribution < -0.4 is 15.4 Å². The molecule has 0 amide bonds. The van der Waals surface area contributed by atoms with Gasteiger partial charge in [0.2, 0.25) is 0 Å². The second-order valence-electron chi connectivity index (χ2n) is 5.37. The number of hydrogen-bond donors (Lipinski definition) is 2. The number of alkyl halides is 3. The van der Waals surface area contributed by atoms with Crippen molar-refractivity contribution in [2.45, 2.75) is 32.5 Å². The Morgan fingerprint density at radius 1 is 1.15 bits per heavy atom. The molecule has 0 spiro atoms. The summed E-state index contributed by atoms with van der Waals surface area (Å²) in [5, 5.41) is 6.45. The molecule has 0 atom stereocenters. The molecule has 0 bridgehead atoms. The van der Waals surface area contributed by atoms with Gasteiger partial charge in [0, 0.05) is 13.1 Å². The molecule has 0 radical (unpaired) electrons. The molecule has 26 heavy (non-hydrogen) atoms. The Balaban J connectivity index is 0.00000625. The van der Waals surface area contributed by atoms with Gasteiger partial charge in [0.25, 0.3) is 0 Å². The van der Waals surface area contributed by atoms with Crippen LogP contribution in [0.4, 0.5) is 13.2 Å². The Kier molecular flexibility index (Phi) is 13.8. The largest absolute Gasteiger partial charge is 0.484 e. The van der Waals surface area contributed by atoms with E-state index in [0.29, 0.717) is 6.54 Å². The van der Waals surface area contributed by atoms with Gasteiger partial charge in [0.15, 0.2) is 12.6 Å². The first-order valence-corrected chi connectivity index (χ1v) is 9.63. The second kappa shape index (κ2) is 14.2. The third-order valence-electron chi connectivity index (χ3n) is 3.16. The molecule has 0 aliphatic rings. The van der Waals surface area contributed by atoms with Crippen molar-refractivity contribution in [3.05, 3.63) is 29.8 Å². The number of hydrogen-bond acceptors (Lipinski definition) is 3. The first-order valence-electron chi connectivity index (χ1n) is 8.24. The molecule has 1 rings (SSSR count). The molecule has 0 fully saturated rings. The molecule has 150 valence electrons. The minimum atomic E-state index is -4.33. The van der Waals surface area contributed by atoms with Gasteiger partial charge < -0.3 is 15.4 Å². The summed E-state index contributed by atoms with van der Waals surface area (Å²) in [6.45, 7) is 2.78. The summed E-state index contributed by atoms with van der Waals surface area (Å²) >= 11 is 1.84. The molecular formula is C17H27F3IN3OS. The zero-order valence-electron chi connectivity index (χ0n) is 15.1. The molecular weight excluding hydrogens is 478 g/mol. The van der Waals surface area contributed by atoms with E-state index in [-0.39, 0.29) is 29.7 Å². The van der Waals surface area contributed by atoms with E-state index in [9.17, 15) is 13.2 Å². The molecule has 0 saturated heterocycles. The highest BCUT2D eigenvalue weighted by Gasteiger charge is 2.28. The number of aliphatic imine (C=N–C) groups is 1. The molecule has 2 N–H and O–H groups in total. The summed E-state index contributed by atoms with van der Waals surface area (Å²) in [5.41, 5.74) is 0.902. The normalized spacial score (nSPS) is 11.7. The van der Waals surface area contributed by atoms with Crippen LogP contribution in [-0.2, 0) is 6.54 Å². The Labute approximate surface area is 174 Å². The summed E-state index contributed by atoms with van der Waals surface area (Å²) in [4.78, 5) is 4.48. The fourth-order valence-corrected chi connectivity index (χ4v) is 2.44. The second-order valence-corrected chi connectivity index (χ2v) is 6.36. The number of unbranched alkanes of at least 4 members (excludes halogenated alkanes) is 1. The third-order valence-corrected chi connectivity index (χ3v) is 3.85. The smallest absolute Gasteiger partial charge is 0.422 e. The molecule has 1 aromatic rings. The third kappa shape index (κ3) is 12.5. The van der Waals surface area contributed by atoms with Gasteiger partial charge in [-0.15, -0.1) is 24.0 Å². The lowest BCUT2D eigenvalue weighted by molar-refractivity contribution is -0.153. The zero-order valence-corrected chi connectivity index (χ0v) is 18.2. The van der Waals surface area contributed by atoms with Gasteiger partial charge in [0.1, 0.15) is 5.75 Å². The van der Waals surface area contributed by atoms with Crippen molar-refractivity contribution in [1.29, 1.82) is 0 Å². The van der Waals surface area contributed by atoms with Crippen molar-refractivity contribution >= 4 is 41.7 Å². The lowest BCUT2D eigenvalue weighted by Crippen LogP contribution is -2.37. The minimum Gasteiger partial charge on any atom is -0.484 e. The van der Waals surface area contributed by atoms with Gasteiger partial charge in [0.05, 0.1) is 6.54 Å². The predicted octanol–water partition coefficient (Wildman–Crippen LogP) is 4.44. The molecule has 0 aliphatic heterocycles. The minimum absolute atomic E-state index is 0. The van der Waals surface area contributed by atoms with E-state index in [4.69, 9.17) is 0 Å². The van der Waals surface area contributed by atoms with E-state index in [1.54, 1.807) is 12.1 Å². The van der Waals surface area contributed by atoms with Crippen molar-refractivity contribution in [2.24, 2.45) is 4.99 Å². The Bertz CT molecular complexity index is 513. The van der Waals surface area contributed by atoms with Gasteiger partial charge in [-0.2, -0.15) is 24.9 Å². The van der Waals surface area contributed by atoms with E-state index >= 15 is 0 Å². The van der Waals surface area contributed by atoms with E-state index in [0.717, 1.165) is 43.2 Å². The highest BCUT2D eigenvalue weighted by molar-refractivity contribution is 14.0. The number of nitrogens with zero attached hydrogens (tertiary/aromatic N) is 1. The number of halogens is 4. The van der Waals surface area contributed by atoms with Crippen molar-refractivity contribution in [2.75, 3.05) is 31.7 Å². The molecule has 0 unspecified atom stereocenters. The Hall–Kier alpha value is -0.840. The molecule has 0 heterocycles. The van der Waals surface area contributed by atoms with Crippen LogP contribution in [0.1, 0.15) is 25.3 Å². The number of thioether (sulfide) groups is 1. The van der Waals surface area contributed by atoms with Crippen LogP contribution in [0, 0.1) is 0 Å². The monoisotopic (exact) mass is 505 g/mol. The summed E-state index contributed by atoms with van der Waals surface area (Å²) in [7, 11) is 0. The van der Waals surface area contributed by atoms with Crippen LogP contribution in [0.25, 0.3) is 0 Å². The summed E-state index contributed by atoms with van der Waals surface area (Å²) in [5.74, 6) is 2.09. The van der Waals surface area contributed by atoms with Crippen molar-refractivity contribution < 1.29 is 17.9 Å². The molecule has 0 aliphatic carbocycles. The lowest BCUT2D eigenvalue weighted by Gasteiger charge is -2.11. The van der Waals surface area contributed by atoms with Gasteiger partial charge >= 0.3 is 6.18 Å². The van der Waals surface area contributed by atoms with Gasteiger partial charge in [-0.05, 0) is 49.5 Å². The maximum atomic E-state index is 12.1. The predicted molar refractivity (Wildman–Crippen MR) is 114 cm³/mol. The van der Waals surface area contributed by atoms with E-state index in [1.165, 1.54) is 12.1 Å². The topological polar surface area (TPSA) is 45.7 Å². The van der Waals surface area contributed by atoms with Crippen LogP contribution in [-0.4, -0.2) is 43.8 Å². The molecule has 1 aromatic carbocycles. The van der Waals surface area contributed by atoms with Gasteiger partial charge in [-0.3, -0.25) is 0 Å². The number of ether oxygens (including phenoxy) is 1. The van der Waals surface area contributed by atoms with Crippen LogP contribution in [0.2, 0.25) is 0 Å². The number of nitrogens with one attached hydrogen (secondary N) is 2. The SMILES string of the molecule is CCNC(=NCc1ccc(OCC(F)(F)F)cc1)NCCCCSC.I. The first-order chi connectivity index (χ1) is 11.9. The molecule has 0 aromatic heterocycles. The van der Waals surface area contributed by atoms with E-state index < -0.39 is 12.8 Å². The van der Waals surface area contributed by atoms with Crippen LogP contribution in [0.3, 0.4) is 0 Å². The maximum Gasteiger partial charge on any atom is 0.422 e. The fourth-order valence-electron chi connectivity index (χ4n) is 1.95. The summed E-state index contributed by atoms with van der Waals surface area (Å²) in [6.07, 6.45) is 0.00697. The fraction of sp³-hybridized carbons (Fsp3) is 0.588. The first kappa shape index (κ1) is 25.2. The van der Waals surface area contributed by atoms with Crippen LogP contribution in [0.5, 0.6) is 5.75 Å². The maximum absolute atomic E-state index is 12.1. The van der Waals surface area contributed by atoms with E-state index in [2.05, 4.69) is 26.6 Å². The van der Waals surface area contributed by atoms with Crippen molar-refractivity contribution in [3.63, 3.8) is 0 Å². The Morgan fingerprint density at radius 2 is 1.85 bits per heavy atom. The van der Waals surface area contributed by atoms with Gasteiger partial charge in [-0.25, -0.2) is 4.99 Å². The number of benzene rings is 1. The quantitative estimate of drug-likeness (QED) is 0.214. The Morgan fingerprint density at radius 3 is 2.42 bits per heavy atom. The van der Waals surface area contributed by atoms with E-state index in [1.807, 2.05) is 18.7 Å². The zero-order chi connectivity index (χ0) is 18.5. The van der Waals surface area contributed by atoms with Crippen LogP contribution in [0.15, 0.2) is 29.3 Å². The average Bonchev–Trinajstić information content (AvgIpc) is 2.58. The number of rotatable bonds is 10. The lowest BCUT2D eigenvalue weighted by atomic mass is 10.2. The van der Waals surface area contributed by atoms with Crippen molar-refractivity contribution in [1.82, 2.24) is 10.6 Å². The van der Waals surface area contributed by atoms with Crippen LogP contribution >= 0.6 is 35.7 Å². The van der Waals surface area contributed by atoms with Gasteiger partial charge in [-0.1, -0.05) is 12.1 Å². The number of guanidine groups is 1.